The molecule has 1 nitrogen and oxygen atoms in total. The molecular formula is C8H16FN. The van der Waals surface area contributed by atoms with Gasteiger partial charge >= 0.3 is 0 Å². The van der Waals surface area contributed by atoms with Crippen molar-refractivity contribution in [3.05, 3.63) is 0 Å². The highest BCUT2D eigenvalue weighted by Crippen LogP contribution is 2.29. The van der Waals surface area contributed by atoms with E-state index in [9.17, 15) is 4.39 Å². The van der Waals surface area contributed by atoms with Crippen LogP contribution in [0.15, 0.2) is 0 Å². The van der Waals surface area contributed by atoms with Gasteiger partial charge < -0.3 is 5.32 Å². The van der Waals surface area contributed by atoms with E-state index in [1.54, 1.807) is 6.92 Å². The molecule has 0 radical (unpaired) electrons. The third-order valence-electron chi connectivity index (χ3n) is 2.60. The van der Waals surface area contributed by atoms with Crippen LogP contribution in [0.3, 0.4) is 0 Å². The van der Waals surface area contributed by atoms with Crippen molar-refractivity contribution in [2.24, 2.45) is 5.92 Å². The molecule has 2 heteroatoms. The summed E-state index contributed by atoms with van der Waals surface area (Å²) in [6.07, 6.45) is 1.64. The first kappa shape index (κ1) is 7.99. The Morgan fingerprint density at radius 1 is 1.70 bits per heavy atom. The molecule has 1 fully saturated rings. The zero-order chi connectivity index (χ0) is 7.61. The number of alkyl halides is 1. The summed E-state index contributed by atoms with van der Waals surface area (Å²) in [5.41, 5.74) is -0.941. The lowest BCUT2D eigenvalue weighted by molar-refractivity contribution is 0.108. The van der Waals surface area contributed by atoms with Gasteiger partial charge in [-0.15, -0.1) is 0 Å². The van der Waals surface area contributed by atoms with Crippen molar-refractivity contribution < 1.29 is 4.39 Å². The summed E-state index contributed by atoms with van der Waals surface area (Å²) >= 11 is 0. The molecule has 0 aromatic rings. The standard InChI is InChI=1S/C8H16FN/c1-3-8(2,9)7-4-5-10-6-7/h7,10H,3-6H2,1-2H3. The van der Waals surface area contributed by atoms with E-state index in [2.05, 4.69) is 5.32 Å². The summed E-state index contributed by atoms with van der Waals surface area (Å²) in [6.45, 7) is 5.48. The maximum absolute atomic E-state index is 13.5. The molecule has 0 amide bonds. The molecule has 1 rings (SSSR count). The van der Waals surface area contributed by atoms with Gasteiger partial charge in [-0.3, -0.25) is 0 Å². The van der Waals surface area contributed by atoms with Crippen LogP contribution in [-0.2, 0) is 0 Å². The molecule has 0 spiro atoms. The number of rotatable bonds is 2. The summed E-state index contributed by atoms with van der Waals surface area (Å²) < 4.78 is 13.5. The van der Waals surface area contributed by atoms with Crippen LogP contribution in [0.1, 0.15) is 26.7 Å². The Hall–Kier alpha value is -0.110. The predicted molar refractivity (Wildman–Crippen MR) is 40.8 cm³/mol. The average Bonchev–Trinajstić information content (AvgIpc) is 2.38. The Kier molecular flexibility index (Phi) is 2.29. The zero-order valence-corrected chi connectivity index (χ0v) is 6.78. The van der Waals surface area contributed by atoms with E-state index < -0.39 is 5.67 Å². The summed E-state index contributed by atoms with van der Waals surface area (Å²) in [5, 5.41) is 3.17. The summed E-state index contributed by atoms with van der Waals surface area (Å²) in [4.78, 5) is 0. The van der Waals surface area contributed by atoms with Gasteiger partial charge in [0.25, 0.3) is 0 Å². The minimum absolute atomic E-state index is 0.248. The molecule has 1 aliphatic rings. The highest BCUT2D eigenvalue weighted by molar-refractivity contribution is 4.86. The molecule has 1 saturated heterocycles. The lowest BCUT2D eigenvalue weighted by atomic mass is 9.88. The maximum atomic E-state index is 13.5. The molecule has 1 aliphatic heterocycles. The first-order valence-corrected chi connectivity index (χ1v) is 4.06. The van der Waals surface area contributed by atoms with Gasteiger partial charge in [0.1, 0.15) is 5.67 Å². The van der Waals surface area contributed by atoms with E-state index in [4.69, 9.17) is 0 Å². The smallest absolute Gasteiger partial charge is 0.112 e. The quantitative estimate of drug-likeness (QED) is 0.624. The largest absolute Gasteiger partial charge is 0.316 e. The Bertz CT molecular complexity index is 106. The van der Waals surface area contributed by atoms with Gasteiger partial charge in [-0.05, 0) is 26.3 Å². The zero-order valence-electron chi connectivity index (χ0n) is 6.78. The second kappa shape index (κ2) is 2.87. The van der Waals surface area contributed by atoms with Crippen LogP contribution in [0.2, 0.25) is 0 Å². The molecule has 60 valence electrons. The lowest BCUT2D eigenvalue weighted by Crippen LogP contribution is -2.30. The van der Waals surface area contributed by atoms with Crippen molar-refractivity contribution in [2.45, 2.75) is 32.4 Å². The fourth-order valence-corrected chi connectivity index (χ4v) is 1.46. The van der Waals surface area contributed by atoms with E-state index in [1.807, 2.05) is 6.92 Å². The first-order chi connectivity index (χ1) is 4.67. The van der Waals surface area contributed by atoms with E-state index in [1.165, 1.54) is 0 Å². The van der Waals surface area contributed by atoms with Crippen LogP contribution in [-0.4, -0.2) is 18.8 Å². The normalized spacial score (nSPS) is 32.1. The van der Waals surface area contributed by atoms with Crippen LogP contribution in [0.4, 0.5) is 4.39 Å². The highest BCUT2D eigenvalue weighted by atomic mass is 19.1. The summed E-state index contributed by atoms with van der Waals surface area (Å²) in [6, 6.07) is 0. The van der Waals surface area contributed by atoms with Crippen molar-refractivity contribution in [3.8, 4) is 0 Å². The van der Waals surface area contributed by atoms with Crippen molar-refractivity contribution in [3.63, 3.8) is 0 Å². The van der Waals surface area contributed by atoms with Crippen LogP contribution >= 0.6 is 0 Å². The highest BCUT2D eigenvalue weighted by Gasteiger charge is 2.33. The minimum atomic E-state index is -0.941. The van der Waals surface area contributed by atoms with Crippen LogP contribution in [0, 0.1) is 5.92 Å². The van der Waals surface area contributed by atoms with E-state index in [0.29, 0.717) is 6.42 Å². The van der Waals surface area contributed by atoms with Crippen LogP contribution < -0.4 is 5.32 Å². The Morgan fingerprint density at radius 2 is 2.40 bits per heavy atom. The van der Waals surface area contributed by atoms with Gasteiger partial charge in [0, 0.05) is 12.5 Å². The maximum Gasteiger partial charge on any atom is 0.112 e. The molecule has 0 saturated carbocycles. The van der Waals surface area contributed by atoms with Gasteiger partial charge in [-0.2, -0.15) is 0 Å². The third kappa shape index (κ3) is 1.48. The third-order valence-corrected chi connectivity index (χ3v) is 2.60. The number of nitrogens with one attached hydrogen (secondary N) is 1. The van der Waals surface area contributed by atoms with Crippen LogP contribution in [0.25, 0.3) is 0 Å². The number of hydrogen-bond donors (Lipinski definition) is 1. The number of hydrogen-bond acceptors (Lipinski definition) is 1. The second-order valence-electron chi connectivity index (χ2n) is 3.32. The summed E-state index contributed by atoms with van der Waals surface area (Å²) in [5.74, 6) is 0.248. The molecule has 2 unspecified atom stereocenters. The average molecular weight is 145 g/mol. The first-order valence-electron chi connectivity index (χ1n) is 4.06. The van der Waals surface area contributed by atoms with Gasteiger partial charge in [-0.25, -0.2) is 4.39 Å². The molecular weight excluding hydrogens is 129 g/mol. The molecule has 1 heterocycles. The van der Waals surface area contributed by atoms with Crippen molar-refractivity contribution in [2.75, 3.05) is 13.1 Å². The van der Waals surface area contributed by atoms with Gasteiger partial charge in [-0.1, -0.05) is 6.92 Å². The molecule has 2 atom stereocenters. The molecule has 0 aliphatic carbocycles. The molecule has 0 aromatic heterocycles. The lowest BCUT2D eigenvalue weighted by Gasteiger charge is -2.24. The molecule has 0 aromatic carbocycles. The predicted octanol–water partition coefficient (Wildman–Crippen LogP) is 1.73. The Balaban J connectivity index is 2.45. The fourth-order valence-electron chi connectivity index (χ4n) is 1.46. The Labute approximate surface area is 62.0 Å². The van der Waals surface area contributed by atoms with E-state index >= 15 is 0 Å². The second-order valence-corrected chi connectivity index (χ2v) is 3.32. The van der Waals surface area contributed by atoms with Crippen LogP contribution in [0.5, 0.6) is 0 Å². The van der Waals surface area contributed by atoms with Crippen molar-refractivity contribution >= 4 is 0 Å². The van der Waals surface area contributed by atoms with E-state index in [0.717, 1.165) is 19.5 Å². The SMILES string of the molecule is CCC(C)(F)C1CCNC1. The molecule has 1 N–H and O–H groups in total. The van der Waals surface area contributed by atoms with Crippen molar-refractivity contribution in [1.29, 1.82) is 0 Å². The fraction of sp³-hybridized carbons (Fsp3) is 1.00. The molecule has 0 bridgehead atoms. The Morgan fingerprint density at radius 3 is 2.80 bits per heavy atom. The molecule has 10 heavy (non-hydrogen) atoms. The minimum Gasteiger partial charge on any atom is -0.316 e. The van der Waals surface area contributed by atoms with Gasteiger partial charge in [0.15, 0.2) is 0 Å². The topological polar surface area (TPSA) is 12.0 Å². The van der Waals surface area contributed by atoms with E-state index in [-0.39, 0.29) is 5.92 Å². The van der Waals surface area contributed by atoms with Gasteiger partial charge in [0.05, 0.1) is 0 Å². The monoisotopic (exact) mass is 145 g/mol. The number of halogens is 1. The summed E-state index contributed by atoms with van der Waals surface area (Å²) in [7, 11) is 0. The van der Waals surface area contributed by atoms with Crippen molar-refractivity contribution in [1.82, 2.24) is 5.32 Å². The van der Waals surface area contributed by atoms with Gasteiger partial charge in [0.2, 0.25) is 0 Å².